The molecule has 6 nitrogen and oxygen atoms in total. The Morgan fingerprint density at radius 2 is 0.478 bits per heavy atom. The number of carbonyl (C=O) groups excluding carboxylic acids is 3. The summed E-state index contributed by atoms with van der Waals surface area (Å²) in [5.41, 5.74) is 0. The van der Waals surface area contributed by atoms with Crippen molar-refractivity contribution in [3.8, 4) is 0 Å². The van der Waals surface area contributed by atoms with Crippen LogP contribution >= 0.6 is 0 Å². The van der Waals surface area contributed by atoms with E-state index >= 15 is 0 Å². The number of esters is 3. The van der Waals surface area contributed by atoms with E-state index in [0.29, 0.717) is 19.3 Å². The summed E-state index contributed by atoms with van der Waals surface area (Å²) in [6.07, 6.45) is 68.9. The summed E-state index contributed by atoms with van der Waals surface area (Å²) in [7, 11) is 0. The molecule has 0 aromatic heterocycles. The van der Waals surface area contributed by atoms with Gasteiger partial charge in [-0.15, -0.1) is 0 Å². The highest BCUT2D eigenvalue weighted by Gasteiger charge is 2.19. The van der Waals surface area contributed by atoms with Crippen molar-refractivity contribution in [2.24, 2.45) is 0 Å². The van der Waals surface area contributed by atoms with Crippen LogP contribution in [0.1, 0.15) is 342 Å². The molecule has 0 aliphatic carbocycles. The fourth-order valence-corrected chi connectivity index (χ4v) is 9.26. The van der Waals surface area contributed by atoms with E-state index in [1.807, 2.05) is 0 Å². The Morgan fingerprint density at radius 1 is 0.275 bits per heavy atom. The summed E-state index contributed by atoms with van der Waals surface area (Å²) in [6.45, 7) is 6.68. The van der Waals surface area contributed by atoms with Gasteiger partial charge in [-0.05, 0) is 70.6 Å². The molecule has 69 heavy (non-hydrogen) atoms. The quantitative estimate of drug-likeness (QED) is 0.0261. The molecule has 0 fully saturated rings. The molecular weight excluding hydrogens is 853 g/mol. The van der Waals surface area contributed by atoms with E-state index in [0.717, 1.165) is 70.6 Å². The second-order valence-corrected chi connectivity index (χ2v) is 21.0. The second kappa shape index (κ2) is 58.5. The summed E-state index contributed by atoms with van der Waals surface area (Å²) in [5.74, 6) is -0.876. The molecule has 0 saturated heterocycles. The molecule has 0 aliphatic rings. The zero-order valence-corrected chi connectivity index (χ0v) is 46.6. The van der Waals surface area contributed by atoms with E-state index in [4.69, 9.17) is 14.2 Å². The SMILES string of the molecule is CCCCCCCCC/C=C\CCCCCC(=O)OCC(COC(=O)CCCCCCCCCCCCCCCCCCCCC)OC(=O)CCCCCCC/C=C\CCCCCCCCCCC. The van der Waals surface area contributed by atoms with Crippen LogP contribution in [0.5, 0.6) is 0 Å². The van der Waals surface area contributed by atoms with Gasteiger partial charge in [0.15, 0.2) is 6.10 Å². The lowest BCUT2D eigenvalue weighted by Gasteiger charge is -2.18. The van der Waals surface area contributed by atoms with E-state index in [1.165, 1.54) is 231 Å². The number of ether oxygens (including phenoxy) is 3. The number of unbranched alkanes of at least 4 members (excludes halogenated alkanes) is 42. The molecule has 406 valence electrons. The first-order chi connectivity index (χ1) is 34.0. The number of hydrogen-bond acceptors (Lipinski definition) is 6. The van der Waals surface area contributed by atoms with E-state index in [1.54, 1.807) is 0 Å². The Balaban J connectivity index is 4.33. The van der Waals surface area contributed by atoms with E-state index in [2.05, 4.69) is 45.1 Å². The zero-order chi connectivity index (χ0) is 50.0. The van der Waals surface area contributed by atoms with Gasteiger partial charge < -0.3 is 14.2 Å². The van der Waals surface area contributed by atoms with Crippen molar-refractivity contribution in [1.29, 1.82) is 0 Å². The fraction of sp³-hybridized carbons (Fsp3) is 0.889. The Bertz CT molecular complexity index is 1110. The average molecular weight is 972 g/mol. The minimum atomic E-state index is -0.778. The number of allylic oxidation sites excluding steroid dienone is 4. The summed E-state index contributed by atoms with van der Waals surface area (Å²) in [4.78, 5) is 38.2. The molecule has 0 aromatic rings. The molecule has 0 radical (unpaired) electrons. The van der Waals surface area contributed by atoms with Crippen molar-refractivity contribution in [3.05, 3.63) is 24.3 Å². The number of rotatable bonds is 57. The van der Waals surface area contributed by atoms with Crippen molar-refractivity contribution >= 4 is 17.9 Å². The van der Waals surface area contributed by atoms with Gasteiger partial charge in [0.25, 0.3) is 0 Å². The third kappa shape index (κ3) is 56.7. The molecule has 0 bridgehead atoms. The van der Waals surface area contributed by atoms with Crippen molar-refractivity contribution in [2.75, 3.05) is 13.2 Å². The van der Waals surface area contributed by atoms with Gasteiger partial charge in [0.05, 0.1) is 0 Å². The summed E-state index contributed by atoms with van der Waals surface area (Å²) in [6, 6.07) is 0. The summed E-state index contributed by atoms with van der Waals surface area (Å²) in [5, 5.41) is 0. The van der Waals surface area contributed by atoms with Crippen LogP contribution in [0.2, 0.25) is 0 Å². The Kier molecular flexibility index (Phi) is 56.7. The molecular formula is C63H118O6. The lowest BCUT2D eigenvalue weighted by molar-refractivity contribution is -0.167. The predicted octanol–water partition coefficient (Wildman–Crippen LogP) is 20.7. The molecule has 0 rings (SSSR count). The van der Waals surface area contributed by atoms with Gasteiger partial charge in [-0.1, -0.05) is 276 Å². The molecule has 1 unspecified atom stereocenters. The molecule has 0 heterocycles. The van der Waals surface area contributed by atoms with Crippen LogP contribution < -0.4 is 0 Å². The second-order valence-electron chi connectivity index (χ2n) is 21.0. The van der Waals surface area contributed by atoms with Gasteiger partial charge in [-0.25, -0.2) is 0 Å². The maximum Gasteiger partial charge on any atom is 0.306 e. The van der Waals surface area contributed by atoms with Crippen LogP contribution in [0.15, 0.2) is 24.3 Å². The highest BCUT2D eigenvalue weighted by atomic mass is 16.6. The maximum absolute atomic E-state index is 12.9. The van der Waals surface area contributed by atoms with Crippen molar-refractivity contribution < 1.29 is 28.6 Å². The smallest absolute Gasteiger partial charge is 0.306 e. The summed E-state index contributed by atoms with van der Waals surface area (Å²) < 4.78 is 16.9. The molecule has 1 atom stereocenters. The summed E-state index contributed by atoms with van der Waals surface area (Å²) >= 11 is 0. The average Bonchev–Trinajstić information content (AvgIpc) is 3.35. The molecule has 0 N–H and O–H groups in total. The molecule has 0 spiro atoms. The lowest BCUT2D eigenvalue weighted by atomic mass is 10.0. The number of hydrogen-bond donors (Lipinski definition) is 0. The van der Waals surface area contributed by atoms with Crippen molar-refractivity contribution in [3.63, 3.8) is 0 Å². The monoisotopic (exact) mass is 971 g/mol. The van der Waals surface area contributed by atoms with E-state index in [9.17, 15) is 14.4 Å². The standard InChI is InChI=1S/C63H118O6/c1-4-7-10-13-16-19-22-25-28-30-32-34-35-38-41-44-47-50-53-56-62(65)68-59-60(58-67-61(64)55-52-49-46-43-40-37-27-24-21-18-15-12-9-6-3)69-63(66)57-54-51-48-45-42-39-36-33-31-29-26-23-20-17-14-11-8-5-2/h33,36-37,40,60H,4-32,34-35,38-39,41-59H2,1-3H3/b36-33-,40-37-. The first kappa shape index (κ1) is 66.9. The maximum atomic E-state index is 12.9. The fourth-order valence-electron chi connectivity index (χ4n) is 9.26. The van der Waals surface area contributed by atoms with E-state index in [-0.39, 0.29) is 31.1 Å². The minimum absolute atomic E-state index is 0.0746. The molecule has 0 aromatic carbocycles. The first-order valence-corrected chi connectivity index (χ1v) is 30.8. The third-order valence-corrected chi connectivity index (χ3v) is 13.9. The lowest BCUT2D eigenvalue weighted by Crippen LogP contribution is -2.30. The molecule has 0 aliphatic heterocycles. The normalized spacial score (nSPS) is 12.1. The minimum Gasteiger partial charge on any atom is -0.462 e. The third-order valence-electron chi connectivity index (χ3n) is 13.9. The Hall–Kier alpha value is -2.11. The van der Waals surface area contributed by atoms with Gasteiger partial charge in [0.1, 0.15) is 13.2 Å². The number of carbonyl (C=O) groups is 3. The Labute approximate surface area is 430 Å². The van der Waals surface area contributed by atoms with Crippen LogP contribution in [0.4, 0.5) is 0 Å². The molecule has 0 saturated carbocycles. The largest absolute Gasteiger partial charge is 0.462 e. The van der Waals surface area contributed by atoms with Gasteiger partial charge in [0, 0.05) is 19.3 Å². The topological polar surface area (TPSA) is 78.9 Å². The predicted molar refractivity (Wildman–Crippen MR) is 298 cm³/mol. The van der Waals surface area contributed by atoms with Gasteiger partial charge in [0.2, 0.25) is 0 Å². The van der Waals surface area contributed by atoms with Crippen molar-refractivity contribution in [1.82, 2.24) is 0 Å². The molecule has 0 amide bonds. The van der Waals surface area contributed by atoms with Crippen LogP contribution in [-0.2, 0) is 28.6 Å². The van der Waals surface area contributed by atoms with E-state index < -0.39 is 6.10 Å². The van der Waals surface area contributed by atoms with Crippen LogP contribution in [0.25, 0.3) is 0 Å². The van der Waals surface area contributed by atoms with Crippen LogP contribution in [0.3, 0.4) is 0 Å². The highest BCUT2D eigenvalue weighted by Crippen LogP contribution is 2.17. The Morgan fingerprint density at radius 3 is 0.739 bits per heavy atom. The molecule has 6 heteroatoms. The zero-order valence-electron chi connectivity index (χ0n) is 46.6. The van der Waals surface area contributed by atoms with Gasteiger partial charge in [-0.2, -0.15) is 0 Å². The van der Waals surface area contributed by atoms with Gasteiger partial charge >= 0.3 is 17.9 Å². The highest BCUT2D eigenvalue weighted by molar-refractivity contribution is 5.71. The van der Waals surface area contributed by atoms with Crippen LogP contribution in [0, 0.1) is 0 Å². The van der Waals surface area contributed by atoms with Gasteiger partial charge in [-0.3, -0.25) is 14.4 Å². The van der Waals surface area contributed by atoms with Crippen molar-refractivity contribution in [2.45, 2.75) is 348 Å². The van der Waals surface area contributed by atoms with Crippen LogP contribution in [-0.4, -0.2) is 37.2 Å². The first-order valence-electron chi connectivity index (χ1n) is 30.8.